The molecule has 12 heteroatoms. The number of benzene rings is 1. The summed E-state index contributed by atoms with van der Waals surface area (Å²) in [5.74, 6) is -7.72. The Balaban J connectivity index is 1.93. The lowest BCUT2D eigenvalue weighted by Crippen LogP contribution is -2.38. The summed E-state index contributed by atoms with van der Waals surface area (Å²) in [5, 5.41) is 6.07. The second-order valence-electron chi connectivity index (χ2n) is 5.67. The average Bonchev–Trinajstić information content (AvgIpc) is 3.08. The Kier molecular flexibility index (Phi) is 3.82. The first-order chi connectivity index (χ1) is 14.6. The Morgan fingerprint density at radius 2 is 1.86 bits per heavy atom. The maximum atomic E-state index is 13.8. The molecule has 1 aliphatic heterocycles. The van der Waals surface area contributed by atoms with Crippen LogP contribution in [0.5, 0.6) is 0 Å². The Morgan fingerprint density at radius 3 is 2.54 bits per heavy atom. The van der Waals surface area contributed by atoms with Crippen molar-refractivity contribution in [2.24, 2.45) is 5.73 Å². The fourth-order valence-electron chi connectivity index (χ4n) is 2.35. The second-order valence-corrected chi connectivity index (χ2v) is 5.67. The first kappa shape index (κ1) is 14.9. The van der Waals surface area contributed by atoms with Gasteiger partial charge in [0.25, 0.3) is 0 Å². The molecule has 0 saturated heterocycles. The minimum atomic E-state index is -5.14. The molecule has 0 atom stereocenters. The zero-order valence-corrected chi connectivity index (χ0v) is 13.7. The molecular weight excluding hydrogens is 392 g/mol. The van der Waals surface area contributed by atoms with Crippen LogP contribution in [0.15, 0.2) is 23.9 Å². The van der Waals surface area contributed by atoms with Gasteiger partial charge in [0, 0.05) is 37.3 Å². The summed E-state index contributed by atoms with van der Waals surface area (Å²) in [6, 6.07) is 0.776. The van der Waals surface area contributed by atoms with Crippen molar-refractivity contribution in [3.05, 3.63) is 58.6 Å². The van der Waals surface area contributed by atoms with E-state index in [0.717, 1.165) is 0 Å². The summed E-state index contributed by atoms with van der Waals surface area (Å²) in [4.78, 5) is 12.8. The topological polar surface area (TPSA) is 77.0 Å². The molecule has 3 rings (SSSR count). The van der Waals surface area contributed by atoms with Crippen LogP contribution in [0, 0.1) is 17.5 Å². The van der Waals surface area contributed by atoms with Gasteiger partial charge in [-0.3, -0.25) is 4.79 Å². The fraction of sp³-hybridized carbons (Fsp3) is 0.312. The number of carbonyl (C=O) groups excluding carboxylic acids is 1. The van der Waals surface area contributed by atoms with Crippen LogP contribution in [0.4, 0.5) is 26.3 Å². The van der Waals surface area contributed by atoms with Gasteiger partial charge in [-0.15, -0.1) is 10.2 Å². The smallest absolute Gasteiger partial charge is 0.402 e. The Labute approximate surface area is 159 Å². The quantitative estimate of drug-likeness (QED) is 0.479. The van der Waals surface area contributed by atoms with Crippen molar-refractivity contribution in [3.63, 3.8) is 0 Å². The van der Waals surface area contributed by atoms with E-state index in [1.54, 1.807) is 0 Å². The molecule has 0 spiro atoms. The number of nitrogens with zero attached hydrogens (tertiary/aromatic N) is 4. The Morgan fingerprint density at radius 1 is 1.18 bits per heavy atom. The van der Waals surface area contributed by atoms with Crippen LogP contribution in [0.1, 0.15) is 22.7 Å². The van der Waals surface area contributed by atoms with Gasteiger partial charge in [0.05, 0.1) is 12.0 Å². The maximum Gasteiger partial charge on any atom is 0.451 e. The molecule has 28 heavy (non-hydrogen) atoms. The molecule has 1 aliphatic rings. The molecule has 2 N–H and O–H groups in total. The highest BCUT2D eigenvalue weighted by molar-refractivity contribution is 5.88. The Hall–Kier alpha value is -3.05. The predicted molar refractivity (Wildman–Crippen MR) is 82.7 cm³/mol. The van der Waals surface area contributed by atoms with Gasteiger partial charge in [-0.1, -0.05) is 0 Å². The van der Waals surface area contributed by atoms with Gasteiger partial charge in [-0.25, -0.2) is 13.2 Å². The van der Waals surface area contributed by atoms with E-state index in [9.17, 15) is 31.1 Å². The number of nitrogens with two attached hydrogens (primary N) is 1. The molecule has 6 nitrogen and oxygen atoms in total. The number of hydrogen-bond acceptors (Lipinski definition) is 4. The van der Waals surface area contributed by atoms with Crippen molar-refractivity contribution in [2.45, 2.75) is 25.6 Å². The highest BCUT2D eigenvalue weighted by atomic mass is 19.4. The molecule has 0 aliphatic carbocycles. The molecule has 2 aromatic rings. The second kappa shape index (κ2) is 7.17. The number of carbonyl (C=O) groups is 1. The monoisotopic (exact) mass is 409 g/mol. The maximum absolute atomic E-state index is 13.8. The molecule has 1 aromatic heterocycles. The lowest BCUT2D eigenvalue weighted by molar-refractivity contribution is -0.148. The summed E-state index contributed by atoms with van der Waals surface area (Å²) in [7, 11) is 0. The van der Waals surface area contributed by atoms with Crippen LogP contribution in [-0.4, -0.2) is 32.1 Å². The molecule has 0 radical (unpaired) electrons. The van der Waals surface area contributed by atoms with E-state index >= 15 is 0 Å². The summed E-state index contributed by atoms with van der Waals surface area (Å²) in [6.07, 6.45) is -5.15. The van der Waals surface area contributed by atoms with E-state index in [2.05, 4.69) is 10.2 Å². The number of amides is 1. The Bertz CT molecular complexity index is 1120. The lowest BCUT2D eigenvalue weighted by atomic mass is 10.1. The van der Waals surface area contributed by atoms with Gasteiger partial charge in [-0.2, -0.15) is 13.2 Å². The number of aromatic nitrogens is 3. The van der Waals surface area contributed by atoms with Crippen molar-refractivity contribution < 1.29 is 36.6 Å². The minimum absolute atomic E-state index is 0.0689. The van der Waals surface area contributed by atoms with Gasteiger partial charge in [0.1, 0.15) is 5.82 Å². The SMILES string of the molecule is [2H]C1([2H])N(C(=O)/C=C(\N)Cc2cc(F)c(F)cc2F)Cc2nnc(C(F)(F)F)n2C1([2H])[2H]. The van der Waals surface area contributed by atoms with Crippen LogP contribution < -0.4 is 5.73 Å². The zero-order chi connectivity index (χ0) is 24.2. The highest BCUT2D eigenvalue weighted by Gasteiger charge is 2.39. The summed E-state index contributed by atoms with van der Waals surface area (Å²) in [5.41, 5.74) is 4.76. The average molecular weight is 409 g/mol. The van der Waals surface area contributed by atoms with E-state index in [-0.39, 0.29) is 15.5 Å². The van der Waals surface area contributed by atoms with E-state index < -0.39 is 78.4 Å². The standard InChI is InChI=1S/C16H13F6N5O/c17-10-6-12(19)11(18)4-8(10)3-9(23)5-14(28)26-1-2-27-13(7-26)24-25-15(27)16(20,21)22/h4-6H,1-3,7,23H2/b9-5-/i1D2,2D2. The van der Waals surface area contributed by atoms with Crippen LogP contribution >= 0.6 is 0 Å². The normalized spacial score (nSPS) is 20.6. The van der Waals surface area contributed by atoms with Gasteiger partial charge in [-0.05, 0) is 11.6 Å². The summed E-state index contributed by atoms with van der Waals surface area (Å²) >= 11 is 0. The third-order valence-corrected chi connectivity index (χ3v) is 3.64. The predicted octanol–water partition coefficient (Wildman–Crippen LogP) is 2.14. The number of rotatable bonds is 3. The third-order valence-electron chi connectivity index (χ3n) is 3.64. The third kappa shape index (κ3) is 3.94. The van der Waals surface area contributed by atoms with Crippen LogP contribution in [0.25, 0.3) is 0 Å². The van der Waals surface area contributed by atoms with Crippen LogP contribution in [0.2, 0.25) is 0 Å². The molecule has 150 valence electrons. The zero-order valence-electron chi connectivity index (χ0n) is 17.7. The van der Waals surface area contributed by atoms with E-state index in [4.69, 9.17) is 11.2 Å². The lowest BCUT2D eigenvalue weighted by Gasteiger charge is -2.27. The summed E-state index contributed by atoms with van der Waals surface area (Å²) < 4.78 is 111. The van der Waals surface area contributed by atoms with E-state index in [0.29, 0.717) is 12.1 Å². The molecule has 0 saturated carbocycles. The highest BCUT2D eigenvalue weighted by Crippen LogP contribution is 2.29. The van der Waals surface area contributed by atoms with Crippen molar-refractivity contribution in [2.75, 3.05) is 6.50 Å². The number of fused-ring (bicyclic) bond motifs is 1. The van der Waals surface area contributed by atoms with Gasteiger partial charge in [0.15, 0.2) is 17.5 Å². The van der Waals surface area contributed by atoms with E-state index in [1.807, 2.05) is 0 Å². The van der Waals surface area contributed by atoms with Crippen LogP contribution in [-0.2, 0) is 30.4 Å². The molecule has 1 aromatic carbocycles. The van der Waals surface area contributed by atoms with Gasteiger partial charge < -0.3 is 15.2 Å². The molecule has 1 amide bonds. The number of allylic oxidation sites excluding steroid dienone is 1. The van der Waals surface area contributed by atoms with Crippen molar-refractivity contribution in [1.82, 2.24) is 19.7 Å². The van der Waals surface area contributed by atoms with Crippen molar-refractivity contribution in [1.29, 1.82) is 0 Å². The molecule has 0 unspecified atom stereocenters. The molecule has 0 fully saturated rings. The van der Waals surface area contributed by atoms with Crippen molar-refractivity contribution >= 4 is 5.91 Å². The number of alkyl halides is 3. The molecular formula is C16H13F6N5O. The number of hydrogen-bond donors (Lipinski definition) is 1. The first-order valence-electron chi connectivity index (χ1n) is 9.50. The molecule has 0 bridgehead atoms. The largest absolute Gasteiger partial charge is 0.451 e. The first-order valence-corrected chi connectivity index (χ1v) is 7.50. The minimum Gasteiger partial charge on any atom is -0.402 e. The molecule has 2 heterocycles. The number of halogens is 6. The van der Waals surface area contributed by atoms with Gasteiger partial charge in [0.2, 0.25) is 11.7 Å². The summed E-state index contributed by atoms with van der Waals surface area (Å²) in [6.45, 7) is -7.64. The van der Waals surface area contributed by atoms with E-state index in [1.165, 1.54) is 0 Å². The van der Waals surface area contributed by atoms with Crippen molar-refractivity contribution in [3.8, 4) is 0 Å². The van der Waals surface area contributed by atoms with Gasteiger partial charge >= 0.3 is 6.18 Å². The fourth-order valence-corrected chi connectivity index (χ4v) is 2.35. The van der Waals surface area contributed by atoms with Crippen LogP contribution in [0.3, 0.4) is 0 Å².